The van der Waals surface area contributed by atoms with Crippen molar-refractivity contribution in [3.63, 3.8) is 0 Å². The normalized spacial score (nSPS) is 29.4. The third-order valence-corrected chi connectivity index (χ3v) is 4.08. The molecule has 14 heavy (non-hydrogen) atoms. The molecule has 2 aliphatic rings. The van der Waals surface area contributed by atoms with Crippen LogP contribution in [0.4, 0.5) is 0 Å². The number of methoxy groups -OCH3 is 1. The number of nitrogens with one attached hydrogen (secondary N) is 1. The first-order valence-corrected chi connectivity index (χ1v) is 6.07. The number of hydrogen-bond acceptors (Lipinski definition) is 2. The minimum atomic E-state index is 0.790. The Morgan fingerprint density at radius 2 is 2.07 bits per heavy atom. The second-order valence-electron chi connectivity index (χ2n) is 5.02. The fourth-order valence-corrected chi connectivity index (χ4v) is 3.04. The van der Waals surface area contributed by atoms with Crippen molar-refractivity contribution in [3.8, 4) is 0 Å². The van der Waals surface area contributed by atoms with Crippen LogP contribution in [0.1, 0.15) is 38.5 Å². The monoisotopic (exact) mass is 197 g/mol. The predicted molar refractivity (Wildman–Crippen MR) is 58.4 cm³/mol. The minimum absolute atomic E-state index is 0.790. The molecular formula is C12H23NO. The van der Waals surface area contributed by atoms with Gasteiger partial charge in [0.1, 0.15) is 0 Å². The summed E-state index contributed by atoms with van der Waals surface area (Å²) in [7, 11) is 1.77. The zero-order valence-corrected chi connectivity index (χ0v) is 9.35. The summed E-state index contributed by atoms with van der Waals surface area (Å²) in [6.45, 7) is 3.09. The van der Waals surface area contributed by atoms with Gasteiger partial charge in [0.2, 0.25) is 0 Å². The fourth-order valence-electron chi connectivity index (χ4n) is 3.04. The van der Waals surface area contributed by atoms with Gasteiger partial charge in [0.25, 0.3) is 0 Å². The fraction of sp³-hybridized carbons (Fsp3) is 1.00. The quantitative estimate of drug-likeness (QED) is 0.682. The van der Waals surface area contributed by atoms with Gasteiger partial charge in [-0.3, -0.25) is 0 Å². The Hall–Kier alpha value is -0.0800. The smallest absolute Gasteiger partial charge is 0.0587 e. The molecule has 0 radical (unpaired) electrons. The van der Waals surface area contributed by atoms with E-state index in [1.54, 1.807) is 7.11 Å². The van der Waals surface area contributed by atoms with E-state index >= 15 is 0 Å². The molecule has 2 heteroatoms. The van der Waals surface area contributed by atoms with E-state index in [0.717, 1.165) is 24.5 Å². The topological polar surface area (TPSA) is 21.3 Å². The highest BCUT2D eigenvalue weighted by Crippen LogP contribution is 2.60. The minimum Gasteiger partial charge on any atom is -0.383 e. The van der Waals surface area contributed by atoms with Crippen LogP contribution < -0.4 is 5.32 Å². The summed E-state index contributed by atoms with van der Waals surface area (Å²) >= 11 is 0. The summed E-state index contributed by atoms with van der Waals surface area (Å²) in [5.74, 6) is 0.986. The maximum absolute atomic E-state index is 5.02. The molecule has 0 bridgehead atoms. The van der Waals surface area contributed by atoms with Crippen LogP contribution in [0.25, 0.3) is 0 Å². The van der Waals surface area contributed by atoms with Gasteiger partial charge in [-0.05, 0) is 37.1 Å². The highest BCUT2D eigenvalue weighted by atomic mass is 16.5. The molecule has 2 rings (SSSR count). The molecule has 0 saturated heterocycles. The molecule has 0 amide bonds. The van der Waals surface area contributed by atoms with Gasteiger partial charge in [-0.2, -0.15) is 0 Å². The lowest BCUT2D eigenvalue weighted by atomic mass is 9.84. The first-order valence-electron chi connectivity index (χ1n) is 6.07. The molecule has 2 nitrogen and oxygen atoms in total. The van der Waals surface area contributed by atoms with E-state index in [1.807, 2.05) is 0 Å². The van der Waals surface area contributed by atoms with Gasteiger partial charge >= 0.3 is 0 Å². The van der Waals surface area contributed by atoms with Gasteiger partial charge in [-0.25, -0.2) is 0 Å². The second-order valence-corrected chi connectivity index (χ2v) is 5.02. The molecule has 1 atom stereocenters. The highest BCUT2D eigenvalue weighted by molar-refractivity contribution is 5.03. The Bertz CT molecular complexity index is 175. The zero-order valence-electron chi connectivity index (χ0n) is 9.35. The molecule has 0 aromatic heterocycles. The van der Waals surface area contributed by atoms with Crippen molar-refractivity contribution >= 4 is 0 Å². The van der Waals surface area contributed by atoms with Crippen LogP contribution in [0.15, 0.2) is 0 Å². The van der Waals surface area contributed by atoms with Gasteiger partial charge in [0, 0.05) is 13.7 Å². The lowest BCUT2D eigenvalue weighted by Crippen LogP contribution is -2.24. The van der Waals surface area contributed by atoms with Crippen molar-refractivity contribution in [1.29, 1.82) is 0 Å². The van der Waals surface area contributed by atoms with E-state index in [9.17, 15) is 0 Å². The maximum Gasteiger partial charge on any atom is 0.0587 e. The Kier molecular flexibility index (Phi) is 3.45. The van der Waals surface area contributed by atoms with E-state index in [4.69, 9.17) is 4.74 Å². The van der Waals surface area contributed by atoms with Crippen LogP contribution in [0.2, 0.25) is 0 Å². The molecule has 0 aliphatic heterocycles. The summed E-state index contributed by atoms with van der Waals surface area (Å²) in [6, 6.07) is 0. The van der Waals surface area contributed by atoms with E-state index in [-0.39, 0.29) is 0 Å². The molecule has 82 valence electrons. The number of hydrogen-bond donors (Lipinski definition) is 1. The van der Waals surface area contributed by atoms with Gasteiger partial charge in [-0.15, -0.1) is 0 Å². The molecule has 1 unspecified atom stereocenters. The molecule has 2 saturated carbocycles. The molecule has 0 aromatic rings. The Balaban J connectivity index is 1.60. The van der Waals surface area contributed by atoms with Crippen LogP contribution in [0.3, 0.4) is 0 Å². The molecule has 1 spiro atoms. The average molecular weight is 197 g/mol. The summed E-state index contributed by atoms with van der Waals surface area (Å²) in [4.78, 5) is 0. The molecule has 2 aliphatic carbocycles. The van der Waals surface area contributed by atoms with Crippen molar-refractivity contribution in [1.82, 2.24) is 5.32 Å². The van der Waals surface area contributed by atoms with E-state index in [1.165, 1.54) is 45.1 Å². The Morgan fingerprint density at radius 1 is 1.29 bits per heavy atom. The largest absolute Gasteiger partial charge is 0.383 e. The summed E-state index contributed by atoms with van der Waals surface area (Å²) in [5.41, 5.74) is 0.790. The summed E-state index contributed by atoms with van der Waals surface area (Å²) in [5, 5.41) is 3.49. The van der Waals surface area contributed by atoms with Crippen molar-refractivity contribution in [2.75, 3.05) is 26.8 Å². The van der Waals surface area contributed by atoms with Crippen molar-refractivity contribution < 1.29 is 4.74 Å². The first kappa shape index (κ1) is 10.4. The molecule has 2 fully saturated rings. The van der Waals surface area contributed by atoms with Gasteiger partial charge in [0.15, 0.2) is 0 Å². The van der Waals surface area contributed by atoms with Crippen molar-refractivity contribution in [3.05, 3.63) is 0 Å². The number of ether oxygens (including phenoxy) is 1. The van der Waals surface area contributed by atoms with Gasteiger partial charge < -0.3 is 10.1 Å². The Labute approximate surface area is 87.4 Å². The third kappa shape index (κ3) is 2.29. The second kappa shape index (κ2) is 4.63. The van der Waals surface area contributed by atoms with E-state index in [0.29, 0.717) is 0 Å². The lowest BCUT2D eigenvalue weighted by molar-refractivity contribution is 0.198. The van der Waals surface area contributed by atoms with E-state index < -0.39 is 0 Å². The Morgan fingerprint density at radius 3 is 2.79 bits per heavy atom. The zero-order chi connectivity index (χ0) is 9.86. The maximum atomic E-state index is 5.02. The van der Waals surface area contributed by atoms with Crippen molar-refractivity contribution in [2.45, 2.75) is 38.5 Å². The summed E-state index contributed by atoms with van der Waals surface area (Å²) in [6.07, 6.45) is 8.94. The first-order chi connectivity index (χ1) is 6.87. The molecular weight excluding hydrogens is 174 g/mol. The van der Waals surface area contributed by atoms with Gasteiger partial charge in [0.05, 0.1) is 6.61 Å². The van der Waals surface area contributed by atoms with Crippen LogP contribution >= 0.6 is 0 Å². The average Bonchev–Trinajstić information content (AvgIpc) is 2.87. The van der Waals surface area contributed by atoms with Crippen LogP contribution in [0, 0.1) is 11.3 Å². The predicted octanol–water partition coefficient (Wildman–Crippen LogP) is 2.19. The van der Waals surface area contributed by atoms with Crippen LogP contribution in [-0.4, -0.2) is 26.8 Å². The van der Waals surface area contributed by atoms with Gasteiger partial charge in [-0.1, -0.05) is 19.3 Å². The highest BCUT2D eigenvalue weighted by Gasteiger charge is 2.52. The van der Waals surface area contributed by atoms with Crippen molar-refractivity contribution in [2.24, 2.45) is 11.3 Å². The summed E-state index contributed by atoms with van der Waals surface area (Å²) < 4.78 is 5.02. The van der Waals surface area contributed by atoms with Crippen LogP contribution in [0.5, 0.6) is 0 Å². The lowest BCUT2D eigenvalue weighted by Gasteiger charge is -2.22. The number of rotatable bonds is 5. The van der Waals surface area contributed by atoms with Crippen LogP contribution in [-0.2, 0) is 4.74 Å². The molecule has 1 N–H and O–H groups in total. The molecule has 0 aromatic carbocycles. The third-order valence-electron chi connectivity index (χ3n) is 4.08. The molecule has 0 heterocycles. The van der Waals surface area contributed by atoms with E-state index in [2.05, 4.69) is 5.32 Å². The SMILES string of the molecule is COCCNCC1CC12CCCCC2. The standard InChI is InChI=1S/C12H23NO/c1-14-8-7-13-10-11-9-12(11)5-3-2-4-6-12/h11,13H,2-10H2,1H3.